The molecule has 0 unspecified atom stereocenters. The highest BCUT2D eigenvalue weighted by atomic mass is 79.9. The Hall–Kier alpha value is -0.620. The lowest BCUT2D eigenvalue weighted by molar-refractivity contribution is -0.919. The van der Waals surface area contributed by atoms with Gasteiger partial charge in [-0.15, -0.1) is 0 Å². The molecule has 0 spiro atoms. The number of quaternary nitrogens is 2. The standard InChI is InChI=1S/C17H27BrN2O2/c1-15-4-5-17(16(18)14-15)22-11-3-2-6-19-7-8-20-9-12-21-13-10-20/h4-5,14,19H,2-3,6-13H2,1H3/p+2. The zero-order valence-electron chi connectivity index (χ0n) is 13.6. The van der Waals surface area contributed by atoms with Crippen molar-refractivity contribution in [3.63, 3.8) is 0 Å². The molecule has 0 radical (unpaired) electrons. The summed E-state index contributed by atoms with van der Waals surface area (Å²) in [6.45, 7) is 10.8. The van der Waals surface area contributed by atoms with Crippen molar-refractivity contribution in [2.45, 2.75) is 19.8 Å². The highest BCUT2D eigenvalue weighted by Gasteiger charge is 2.13. The third kappa shape index (κ3) is 6.65. The van der Waals surface area contributed by atoms with E-state index < -0.39 is 0 Å². The molecule has 0 aliphatic carbocycles. The molecule has 1 aromatic rings. The zero-order chi connectivity index (χ0) is 15.6. The van der Waals surface area contributed by atoms with Gasteiger partial charge in [0.25, 0.3) is 0 Å². The van der Waals surface area contributed by atoms with E-state index in [0.29, 0.717) is 0 Å². The summed E-state index contributed by atoms with van der Waals surface area (Å²) in [4.78, 5) is 1.69. The quantitative estimate of drug-likeness (QED) is 0.615. The van der Waals surface area contributed by atoms with E-state index in [1.54, 1.807) is 4.90 Å². The second kappa shape index (κ2) is 10.2. The Bertz CT molecular complexity index is 437. The summed E-state index contributed by atoms with van der Waals surface area (Å²) in [5.74, 6) is 0.950. The molecule has 3 N–H and O–H groups in total. The molecule has 1 aromatic carbocycles. The molecule has 22 heavy (non-hydrogen) atoms. The normalized spacial score (nSPS) is 15.9. The van der Waals surface area contributed by atoms with Crippen molar-refractivity contribution in [1.29, 1.82) is 0 Å². The van der Waals surface area contributed by atoms with E-state index >= 15 is 0 Å². The lowest BCUT2D eigenvalue weighted by atomic mass is 10.2. The van der Waals surface area contributed by atoms with E-state index in [-0.39, 0.29) is 0 Å². The van der Waals surface area contributed by atoms with Crippen LogP contribution in [0.5, 0.6) is 5.75 Å². The second-order valence-corrected chi connectivity index (χ2v) is 6.82. The Labute approximate surface area is 142 Å². The second-order valence-electron chi connectivity index (χ2n) is 5.97. The van der Waals surface area contributed by atoms with Crippen LogP contribution in [0.2, 0.25) is 0 Å². The molecule has 1 heterocycles. The van der Waals surface area contributed by atoms with Crippen LogP contribution >= 0.6 is 15.9 Å². The number of rotatable bonds is 9. The molecule has 0 atom stereocenters. The van der Waals surface area contributed by atoms with E-state index in [4.69, 9.17) is 9.47 Å². The van der Waals surface area contributed by atoms with Crippen LogP contribution in [0.15, 0.2) is 22.7 Å². The minimum Gasteiger partial charge on any atom is -0.492 e. The smallest absolute Gasteiger partial charge is 0.133 e. The first-order chi connectivity index (χ1) is 10.8. The molecule has 0 bridgehead atoms. The summed E-state index contributed by atoms with van der Waals surface area (Å²) in [7, 11) is 0. The highest BCUT2D eigenvalue weighted by molar-refractivity contribution is 9.10. The van der Waals surface area contributed by atoms with Gasteiger partial charge in [0.05, 0.1) is 30.8 Å². The minimum absolute atomic E-state index is 0.796. The van der Waals surface area contributed by atoms with Gasteiger partial charge in [-0.1, -0.05) is 6.07 Å². The number of halogens is 1. The predicted molar refractivity (Wildman–Crippen MR) is 91.7 cm³/mol. The minimum atomic E-state index is 0.796. The van der Waals surface area contributed by atoms with Gasteiger partial charge in [-0.3, -0.25) is 0 Å². The fraction of sp³-hybridized carbons (Fsp3) is 0.647. The van der Waals surface area contributed by atoms with Crippen molar-refractivity contribution in [3.8, 4) is 5.75 Å². The largest absolute Gasteiger partial charge is 0.492 e. The molecular weight excluding hydrogens is 344 g/mol. The number of ether oxygens (including phenoxy) is 2. The summed E-state index contributed by atoms with van der Waals surface area (Å²) < 4.78 is 12.2. The van der Waals surface area contributed by atoms with E-state index in [2.05, 4.69) is 40.3 Å². The SMILES string of the molecule is Cc1ccc(OCCCC[NH2+]CC[NH+]2CCOCC2)c(Br)c1. The average Bonchev–Trinajstić information content (AvgIpc) is 2.52. The predicted octanol–water partition coefficient (Wildman–Crippen LogP) is 0.395. The lowest BCUT2D eigenvalue weighted by Gasteiger charge is -2.22. The van der Waals surface area contributed by atoms with E-state index in [1.165, 1.54) is 44.7 Å². The lowest BCUT2D eigenvalue weighted by Crippen LogP contribution is -3.16. The molecular formula is C17H29BrN2O2+2. The van der Waals surface area contributed by atoms with Gasteiger partial charge in [0, 0.05) is 0 Å². The number of nitrogens with two attached hydrogens (primary N) is 1. The maximum absolute atomic E-state index is 5.81. The number of morpholine rings is 1. The van der Waals surface area contributed by atoms with Gasteiger partial charge in [0.15, 0.2) is 0 Å². The molecule has 1 saturated heterocycles. The summed E-state index contributed by atoms with van der Waals surface area (Å²) in [6.07, 6.45) is 2.32. The molecule has 124 valence electrons. The van der Waals surface area contributed by atoms with E-state index in [9.17, 15) is 0 Å². The fourth-order valence-electron chi connectivity index (χ4n) is 2.66. The number of hydrogen-bond donors (Lipinski definition) is 2. The molecule has 1 fully saturated rings. The fourth-order valence-corrected chi connectivity index (χ4v) is 3.26. The Kier molecular flexibility index (Phi) is 8.23. The van der Waals surface area contributed by atoms with Crippen LogP contribution in [-0.2, 0) is 4.74 Å². The van der Waals surface area contributed by atoms with Crippen LogP contribution in [0.25, 0.3) is 0 Å². The molecule has 2 rings (SSSR count). The topological polar surface area (TPSA) is 39.5 Å². The Balaban J connectivity index is 1.45. The first kappa shape index (κ1) is 17.7. The number of nitrogens with one attached hydrogen (secondary N) is 1. The van der Waals surface area contributed by atoms with Gasteiger partial charge in [-0.25, -0.2) is 0 Å². The van der Waals surface area contributed by atoms with Crippen LogP contribution in [0, 0.1) is 6.92 Å². The van der Waals surface area contributed by atoms with Crippen molar-refractivity contribution in [3.05, 3.63) is 28.2 Å². The van der Waals surface area contributed by atoms with E-state index in [1.807, 2.05) is 6.07 Å². The van der Waals surface area contributed by atoms with Gasteiger partial charge in [0.1, 0.15) is 31.9 Å². The summed E-state index contributed by atoms with van der Waals surface area (Å²) >= 11 is 3.55. The van der Waals surface area contributed by atoms with Crippen LogP contribution < -0.4 is 15.0 Å². The first-order valence-electron chi connectivity index (χ1n) is 8.37. The van der Waals surface area contributed by atoms with E-state index in [0.717, 1.165) is 36.5 Å². The zero-order valence-corrected chi connectivity index (χ0v) is 15.2. The Morgan fingerprint density at radius 2 is 2.05 bits per heavy atom. The van der Waals surface area contributed by atoms with Crippen molar-refractivity contribution >= 4 is 15.9 Å². The molecule has 1 aliphatic heterocycles. The average molecular weight is 373 g/mol. The molecule has 0 amide bonds. The third-order valence-electron chi connectivity index (χ3n) is 4.05. The molecule has 5 heteroatoms. The van der Waals surface area contributed by atoms with Crippen LogP contribution in [0.3, 0.4) is 0 Å². The van der Waals surface area contributed by atoms with Gasteiger partial charge in [-0.2, -0.15) is 0 Å². The monoisotopic (exact) mass is 372 g/mol. The Morgan fingerprint density at radius 3 is 2.82 bits per heavy atom. The molecule has 0 saturated carbocycles. The summed E-state index contributed by atoms with van der Waals surface area (Å²) in [5.41, 5.74) is 1.25. The van der Waals surface area contributed by atoms with Gasteiger partial charge < -0.3 is 19.7 Å². The number of aryl methyl sites for hydroxylation is 1. The maximum atomic E-state index is 5.81. The van der Waals surface area contributed by atoms with Gasteiger partial charge >= 0.3 is 0 Å². The number of unbranched alkanes of at least 4 members (excludes halogenated alkanes) is 1. The molecule has 4 nitrogen and oxygen atoms in total. The number of hydrogen-bond acceptors (Lipinski definition) is 2. The number of benzene rings is 1. The van der Waals surface area contributed by atoms with Crippen molar-refractivity contribution in [2.24, 2.45) is 0 Å². The van der Waals surface area contributed by atoms with Crippen LogP contribution in [0.1, 0.15) is 18.4 Å². The third-order valence-corrected chi connectivity index (χ3v) is 4.67. The van der Waals surface area contributed by atoms with Crippen molar-refractivity contribution in [2.75, 3.05) is 52.5 Å². The van der Waals surface area contributed by atoms with Gasteiger partial charge in [0.2, 0.25) is 0 Å². The molecule has 0 aromatic heterocycles. The van der Waals surface area contributed by atoms with Crippen LogP contribution in [-0.4, -0.2) is 52.5 Å². The van der Waals surface area contributed by atoms with Crippen molar-refractivity contribution in [1.82, 2.24) is 0 Å². The highest BCUT2D eigenvalue weighted by Crippen LogP contribution is 2.25. The summed E-state index contributed by atoms with van der Waals surface area (Å²) in [6, 6.07) is 6.22. The maximum Gasteiger partial charge on any atom is 0.133 e. The Morgan fingerprint density at radius 1 is 1.23 bits per heavy atom. The van der Waals surface area contributed by atoms with Gasteiger partial charge in [-0.05, 0) is 53.4 Å². The van der Waals surface area contributed by atoms with Crippen LogP contribution in [0.4, 0.5) is 0 Å². The van der Waals surface area contributed by atoms with Crippen molar-refractivity contribution < 1.29 is 19.7 Å². The molecule has 1 aliphatic rings. The first-order valence-corrected chi connectivity index (χ1v) is 9.17. The summed E-state index contributed by atoms with van der Waals surface area (Å²) in [5, 5.41) is 2.43.